The van der Waals surface area contributed by atoms with Crippen LogP contribution in [0.5, 0.6) is 0 Å². The summed E-state index contributed by atoms with van der Waals surface area (Å²) in [7, 11) is 0. The number of rotatable bonds is 9. The number of nitro benzene ring substituents is 1. The summed E-state index contributed by atoms with van der Waals surface area (Å²) in [5, 5.41) is 34.6. The molecular weight excluding hydrogens is 523 g/mol. The summed E-state index contributed by atoms with van der Waals surface area (Å²) in [6.45, 7) is 4.98. The van der Waals surface area contributed by atoms with Crippen LogP contribution in [-0.4, -0.2) is 39.0 Å². The second kappa shape index (κ2) is 10.7. The molecule has 0 saturated heterocycles. The second-order valence-corrected chi connectivity index (χ2v) is 10.9. The lowest BCUT2D eigenvalue weighted by molar-refractivity contribution is -0.385. The van der Waals surface area contributed by atoms with Crippen molar-refractivity contribution in [2.45, 2.75) is 52.5 Å². The molecule has 1 fully saturated rings. The molecule has 1 amide bonds. The molecule has 11 heteroatoms. The van der Waals surface area contributed by atoms with Crippen molar-refractivity contribution in [3.63, 3.8) is 0 Å². The van der Waals surface area contributed by atoms with E-state index >= 15 is 0 Å². The van der Waals surface area contributed by atoms with Crippen molar-refractivity contribution in [1.82, 2.24) is 5.32 Å². The maximum atomic E-state index is 13.2. The predicted molar refractivity (Wildman–Crippen MR) is 138 cm³/mol. The summed E-state index contributed by atoms with van der Waals surface area (Å²) in [6, 6.07) is 7.77. The van der Waals surface area contributed by atoms with E-state index in [1.807, 2.05) is 0 Å². The van der Waals surface area contributed by atoms with Gasteiger partial charge in [0.2, 0.25) is 5.91 Å². The van der Waals surface area contributed by atoms with Gasteiger partial charge in [-0.05, 0) is 48.4 Å². The SMILES string of the molecule is CC1(C)[C@@H](C(=O)NC(Cc2cccc([N+](=O)[O-])c2Cc2c(Cl)cccc2Cl)C(=O)O)CC[C@@]1(C)C(=O)O. The molecule has 3 rings (SSSR count). The van der Waals surface area contributed by atoms with Gasteiger partial charge >= 0.3 is 11.9 Å². The number of halogens is 2. The number of benzene rings is 2. The van der Waals surface area contributed by atoms with Crippen LogP contribution in [0.2, 0.25) is 10.0 Å². The van der Waals surface area contributed by atoms with Gasteiger partial charge in [-0.25, -0.2) is 4.79 Å². The van der Waals surface area contributed by atoms with E-state index in [2.05, 4.69) is 5.32 Å². The highest BCUT2D eigenvalue weighted by Gasteiger charge is 2.58. The number of carboxylic acids is 2. The van der Waals surface area contributed by atoms with Crippen molar-refractivity contribution in [3.8, 4) is 0 Å². The van der Waals surface area contributed by atoms with Crippen LogP contribution in [0.15, 0.2) is 36.4 Å². The number of hydrogen-bond acceptors (Lipinski definition) is 5. The van der Waals surface area contributed by atoms with E-state index in [-0.39, 0.29) is 30.5 Å². The van der Waals surface area contributed by atoms with Crippen LogP contribution in [0, 0.1) is 26.9 Å². The lowest BCUT2D eigenvalue weighted by atomic mass is 9.65. The molecule has 0 bridgehead atoms. The molecule has 37 heavy (non-hydrogen) atoms. The fourth-order valence-corrected chi connectivity index (χ4v) is 5.63. The highest BCUT2D eigenvalue weighted by atomic mass is 35.5. The number of amides is 1. The standard InChI is InChI=1S/C26H28Cl2N2O7/c1-25(2)17(10-11-26(25,3)24(34)35)22(31)29-20(23(32)33)12-14-6-4-9-21(30(36)37)15(14)13-16-18(27)7-5-8-19(16)28/h4-9,17,20H,10-13H2,1-3H3,(H,29,31)(H,32,33)(H,34,35)/t17-,20?,26+/m1/s1. The van der Waals surface area contributed by atoms with Gasteiger partial charge in [-0.2, -0.15) is 0 Å². The van der Waals surface area contributed by atoms with E-state index in [0.29, 0.717) is 27.6 Å². The maximum absolute atomic E-state index is 13.2. The van der Waals surface area contributed by atoms with Crippen LogP contribution in [0.25, 0.3) is 0 Å². The lowest BCUT2D eigenvalue weighted by Crippen LogP contribution is -2.50. The molecule has 3 atom stereocenters. The molecule has 2 aromatic rings. The Labute approximate surface area is 223 Å². The minimum Gasteiger partial charge on any atom is -0.481 e. The van der Waals surface area contributed by atoms with E-state index < -0.39 is 45.6 Å². The highest BCUT2D eigenvalue weighted by molar-refractivity contribution is 6.36. The molecule has 0 heterocycles. The zero-order valence-electron chi connectivity index (χ0n) is 20.6. The summed E-state index contributed by atoms with van der Waals surface area (Å²) >= 11 is 12.6. The number of hydrogen-bond donors (Lipinski definition) is 3. The maximum Gasteiger partial charge on any atom is 0.326 e. The molecule has 1 aliphatic carbocycles. The molecule has 1 aliphatic rings. The molecule has 198 valence electrons. The van der Waals surface area contributed by atoms with Crippen molar-refractivity contribution >= 4 is 46.7 Å². The number of nitro groups is 1. The Morgan fingerprint density at radius 3 is 2.19 bits per heavy atom. The highest BCUT2D eigenvalue weighted by Crippen LogP contribution is 2.56. The van der Waals surface area contributed by atoms with Crippen molar-refractivity contribution < 1.29 is 29.5 Å². The Balaban J connectivity index is 1.93. The van der Waals surface area contributed by atoms with Gasteiger partial charge in [-0.1, -0.05) is 55.2 Å². The van der Waals surface area contributed by atoms with Gasteiger partial charge in [0, 0.05) is 40.4 Å². The number of carbonyl (C=O) groups excluding carboxylic acids is 1. The van der Waals surface area contributed by atoms with E-state index in [0.717, 1.165) is 0 Å². The smallest absolute Gasteiger partial charge is 0.326 e. The Morgan fingerprint density at radius 2 is 1.68 bits per heavy atom. The average molecular weight is 551 g/mol. The van der Waals surface area contributed by atoms with Crippen LogP contribution < -0.4 is 5.32 Å². The average Bonchev–Trinajstić information content (AvgIpc) is 3.06. The summed E-state index contributed by atoms with van der Waals surface area (Å²) in [5.74, 6) is -3.62. The molecule has 0 aromatic heterocycles. The van der Waals surface area contributed by atoms with Crippen molar-refractivity contribution in [3.05, 3.63) is 73.2 Å². The monoisotopic (exact) mass is 550 g/mol. The molecule has 1 saturated carbocycles. The summed E-state index contributed by atoms with van der Waals surface area (Å²) in [4.78, 5) is 48.5. The number of carboxylic acid groups (broad SMARTS) is 2. The first-order valence-corrected chi connectivity index (χ1v) is 12.4. The zero-order valence-corrected chi connectivity index (χ0v) is 22.1. The van der Waals surface area contributed by atoms with Crippen LogP contribution in [0.3, 0.4) is 0 Å². The van der Waals surface area contributed by atoms with E-state index in [4.69, 9.17) is 23.2 Å². The van der Waals surface area contributed by atoms with Gasteiger partial charge in [0.15, 0.2) is 0 Å². The first-order valence-electron chi connectivity index (χ1n) is 11.6. The molecule has 3 N–H and O–H groups in total. The third kappa shape index (κ3) is 5.43. The Kier molecular flexibility index (Phi) is 8.19. The molecule has 1 unspecified atom stereocenters. The fourth-order valence-electron chi connectivity index (χ4n) is 5.10. The number of nitrogens with zero attached hydrogens (tertiary/aromatic N) is 1. The molecule has 2 aromatic carbocycles. The minimum absolute atomic E-state index is 0.0160. The van der Waals surface area contributed by atoms with Gasteiger partial charge in [0.1, 0.15) is 6.04 Å². The van der Waals surface area contributed by atoms with E-state index in [1.165, 1.54) is 12.1 Å². The van der Waals surface area contributed by atoms with Crippen LogP contribution >= 0.6 is 23.2 Å². The molecular formula is C26H28Cl2N2O7. The van der Waals surface area contributed by atoms with E-state index in [9.17, 15) is 34.7 Å². The molecule has 0 radical (unpaired) electrons. The molecule has 9 nitrogen and oxygen atoms in total. The third-order valence-electron chi connectivity index (χ3n) is 7.91. The largest absolute Gasteiger partial charge is 0.481 e. The zero-order chi connectivity index (χ0) is 27.7. The topological polar surface area (TPSA) is 147 Å². The van der Waals surface area contributed by atoms with Crippen LogP contribution in [0.1, 0.15) is 50.3 Å². The molecule has 0 aliphatic heterocycles. The number of carbonyl (C=O) groups is 3. The minimum atomic E-state index is -1.40. The van der Waals surface area contributed by atoms with Gasteiger partial charge in [0.25, 0.3) is 5.69 Å². The first kappa shape index (κ1) is 28.4. The first-order chi connectivity index (χ1) is 17.2. The van der Waals surface area contributed by atoms with Crippen molar-refractivity contribution in [1.29, 1.82) is 0 Å². The Morgan fingerprint density at radius 1 is 1.08 bits per heavy atom. The number of aliphatic carboxylic acids is 2. The van der Waals surface area contributed by atoms with Gasteiger partial charge in [0.05, 0.1) is 10.3 Å². The third-order valence-corrected chi connectivity index (χ3v) is 8.62. The van der Waals surface area contributed by atoms with Gasteiger partial charge in [-0.15, -0.1) is 0 Å². The molecule has 0 spiro atoms. The van der Waals surface area contributed by atoms with Crippen LogP contribution in [0.4, 0.5) is 5.69 Å². The van der Waals surface area contributed by atoms with Gasteiger partial charge < -0.3 is 15.5 Å². The Hall–Kier alpha value is -3.17. The van der Waals surface area contributed by atoms with Crippen LogP contribution in [-0.2, 0) is 27.2 Å². The quantitative estimate of drug-likeness (QED) is 0.289. The van der Waals surface area contributed by atoms with E-state index in [1.54, 1.807) is 45.0 Å². The second-order valence-electron chi connectivity index (χ2n) is 10.1. The number of nitrogens with one attached hydrogen (secondary N) is 1. The van der Waals surface area contributed by atoms with Crippen molar-refractivity contribution in [2.24, 2.45) is 16.7 Å². The van der Waals surface area contributed by atoms with Gasteiger partial charge in [-0.3, -0.25) is 19.7 Å². The normalized spacial score (nSPS) is 21.3. The summed E-state index contributed by atoms with van der Waals surface area (Å²) < 4.78 is 0. The predicted octanol–water partition coefficient (Wildman–Crippen LogP) is 5.13. The lowest BCUT2D eigenvalue weighted by Gasteiger charge is -2.38. The summed E-state index contributed by atoms with van der Waals surface area (Å²) in [6.07, 6.45) is 0.321. The fraction of sp³-hybridized carbons (Fsp3) is 0.423. The Bertz CT molecular complexity index is 1240. The van der Waals surface area contributed by atoms with Crippen molar-refractivity contribution in [2.75, 3.05) is 0 Å². The summed E-state index contributed by atoms with van der Waals surface area (Å²) in [5.41, 5.74) is -1.25.